The Kier molecular flexibility index (Phi) is 5.56. The first-order valence-corrected chi connectivity index (χ1v) is 7.93. The maximum absolute atomic E-state index is 11.9. The van der Waals surface area contributed by atoms with E-state index in [0.717, 1.165) is 23.2 Å². The standard InChI is InChI=1S/C15H19N3OS.ClH/c1-10-4-6-12-13(9-10)20-15(17-12)18-14(19)7-5-11-3-2-8-16-11;/h4,6,9,11,16H,2-3,5,7-8H2,1H3,(H,17,18,19);1H. The molecule has 1 aromatic carbocycles. The van der Waals surface area contributed by atoms with Crippen LogP contribution in [0.4, 0.5) is 5.13 Å². The number of anilines is 1. The van der Waals surface area contributed by atoms with Crippen LogP contribution in [0.25, 0.3) is 10.2 Å². The summed E-state index contributed by atoms with van der Waals surface area (Å²) < 4.78 is 1.12. The van der Waals surface area contributed by atoms with Crippen molar-refractivity contribution in [1.82, 2.24) is 10.3 Å². The molecule has 1 atom stereocenters. The van der Waals surface area contributed by atoms with Crippen LogP contribution in [0.15, 0.2) is 18.2 Å². The molecular weight excluding hydrogens is 306 g/mol. The number of thiazole rings is 1. The predicted octanol–water partition coefficient (Wildman–Crippen LogP) is 3.50. The number of fused-ring (bicyclic) bond motifs is 1. The molecule has 1 amide bonds. The summed E-state index contributed by atoms with van der Waals surface area (Å²) in [5, 5.41) is 7.03. The number of aryl methyl sites for hydroxylation is 1. The quantitative estimate of drug-likeness (QED) is 0.904. The zero-order chi connectivity index (χ0) is 13.9. The van der Waals surface area contributed by atoms with Crippen molar-refractivity contribution in [2.45, 2.75) is 38.6 Å². The largest absolute Gasteiger partial charge is 0.314 e. The van der Waals surface area contributed by atoms with E-state index < -0.39 is 0 Å². The van der Waals surface area contributed by atoms with Crippen LogP contribution < -0.4 is 10.6 Å². The van der Waals surface area contributed by atoms with Crippen LogP contribution in [0.1, 0.15) is 31.2 Å². The lowest BCUT2D eigenvalue weighted by atomic mass is 10.1. The third-order valence-electron chi connectivity index (χ3n) is 3.67. The summed E-state index contributed by atoms with van der Waals surface area (Å²) in [7, 11) is 0. The molecule has 114 valence electrons. The smallest absolute Gasteiger partial charge is 0.226 e. The van der Waals surface area contributed by atoms with Gasteiger partial charge in [0.25, 0.3) is 0 Å². The molecule has 2 N–H and O–H groups in total. The Labute approximate surface area is 134 Å². The van der Waals surface area contributed by atoms with E-state index >= 15 is 0 Å². The number of benzene rings is 1. The molecule has 1 aliphatic heterocycles. The number of carbonyl (C=O) groups excluding carboxylic acids is 1. The predicted molar refractivity (Wildman–Crippen MR) is 90.5 cm³/mol. The summed E-state index contributed by atoms with van der Waals surface area (Å²) in [6.45, 7) is 3.15. The van der Waals surface area contributed by atoms with Crippen LogP contribution in [-0.2, 0) is 4.79 Å². The summed E-state index contributed by atoms with van der Waals surface area (Å²) >= 11 is 1.54. The van der Waals surface area contributed by atoms with Crippen molar-refractivity contribution in [2.24, 2.45) is 0 Å². The number of rotatable bonds is 4. The first kappa shape index (κ1) is 16.2. The maximum atomic E-state index is 11.9. The van der Waals surface area contributed by atoms with Gasteiger partial charge in [0.1, 0.15) is 0 Å². The number of hydrogen-bond acceptors (Lipinski definition) is 4. The third kappa shape index (κ3) is 4.15. The molecule has 1 aromatic heterocycles. The van der Waals surface area contributed by atoms with Crippen molar-refractivity contribution in [3.05, 3.63) is 23.8 Å². The molecule has 2 aromatic rings. The molecule has 2 heterocycles. The van der Waals surface area contributed by atoms with Crippen molar-refractivity contribution in [3.63, 3.8) is 0 Å². The van der Waals surface area contributed by atoms with Gasteiger partial charge in [-0.25, -0.2) is 4.98 Å². The number of halogens is 1. The molecule has 1 aliphatic rings. The highest BCUT2D eigenvalue weighted by molar-refractivity contribution is 7.22. The topological polar surface area (TPSA) is 54.0 Å². The average molecular weight is 326 g/mol. The Balaban J connectivity index is 0.00000161. The lowest BCUT2D eigenvalue weighted by Gasteiger charge is -2.08. The van der Waals surface area contributed by atoms with Gasteiger partial charge in [0.2, 0.25) is 5.91 Å². The summed E-state index contributed by atoms with van der Waals surface area (Å²) in [5.41, 5.74) is 2.17. The molecule has 0 aliphatic carbocycles. The fourth-order valence-electron chi connectivity index (χ4n) is 2.58. The van der Waals surface area contributed by atoms with Gasteiger partial charge in [-0.1, -0.05) is 17.4 Å². The minimum absolute atomic E-state index is 0. The van der Waals surface area contributed by atoms with Crippen molar-refractivity contribution in [3.8, 4) is 0 Å². The molecular formula is C15H20ClN3OS. The zero-order valence-corrected chi connectivity index (χ0v) is 13.6. The molecule has 1 saturated heterocycles. The van der Waals surface area contributed by atoms with E-state index in [1.54, 1.807) is 0 Å². The van der Waals surface area contributed by atoms with Crippen molar-refractivity contribution >= 4 is 45.0 Å². The molecule has 0 spiro atoms. The van der Waals surface area contributed by atoms with Gasteiger partial charge in [-0.05, 0) is 50.4 Å². The van der Waals surface area contributed by atoms with E-state index in [-0.39, 0.29) is 18.3 Å². The number of amides is 1. The van der Waals surface area contributed by atoms with Gasteiger partial charge in [-0.3, -0.25) is 4.79 Å². The molecule has 3 rings (SSSR count). The highest BCUT2D eigenvalue weighted by Crippen LogP contribution is 2.26. The number of aromatic nitrogens is 1. The summed E-state index contributed by atoms with van der Waals surface area (Å²) in [6, 6.07) is 6.66. The average Bonchev–Trinajstić information content (AvgIpc) is 3.04. The fraction of sp³-hybridized carbons (Fsp3) is 0.467. The lowest BCUT2D eigenvalue weighted by molar-refractivity contribution is -0.116. The third-order valence-corrected chi connectivity index (χ3v) is 4.61. The summed E-state index contributed by atoms with van der Waals surface area (Å²) in [4.78, 5) is 16.4. The molecule has 6 heteroatoms. The second-order valence-corrected chi connectivity index (χ2v) is 6.40. The van der Waals surface area contributed by atoms with Crippen molar-refractivity contribution in [1.29, 1.82) is 0 Å². The van der Waals surface area contributed by atoms with Crippen LogP contribution in [0.5, 0.6) is 0 Å². The molecule has 0 bridgehead atoms. The number of nitrogens with zero attached hydrogens (tertiary/aromatic N) is 1. The van der Waals surface area contributed by atoms with E-state index in [4.69, 9.17) is 0 Å². The van der Waals surface area contributed by atoms with Crippen LogP contribution >= 0.6 is 23.7 Å². The van der Waals surface area contributed by atoms with Crippen molar-refractivity contribution in [2.75, 3.05) is 11.9 Å². The Morgan fingerprint density at radius 1 is 1.52 bits per heavy atom. The van der Waals surface area contributed by atoms with E-state index in [1.165, 1.54) is 29.7 Å². The van der Waals surface area contributed by atoms with Gasteiger partial charge in [0.15, 0.2) is 5.13 Å². The monoisotopic (exact) mass is 325 g/mol. The van der Waals surface area contributed by atoms with Crippen LogP contribution in [0, 0.1) is 6.92 Å². The summed E-state index contributed by atoms with van der Waals surface area (Å²) in [6.07, 6.45) is 3.89. The Hall–Kier alpha value is -1.17. The van der Waals surface area contributed by atoms with Gasteiger partial charge in [-0.2, -0.15) is 0 Å². The van der Waals surface area contributed by atoms with Gasteiger partial charge in [0.05, 0.1) is 10.2 Å². The highest BCUT2D eigenvalue weighted by Gasteiger charge is 2.15. The second kappa shape index (κ2) is 7.20. The Bertz CT molecular complexity index is 622. The van der Waals surface area contributed by atoms with Gasteiger partial charge in [-0.15, -0.1) is 12.4 Å². The van der Waals surface area contributed by atoms with Gasteiger partial charge in [0, 0.05) is 12.5 Å². The van der Waals surface area contributed by atoms with E-state index in [0.29, 0.717) is 17.6 Å². The fourth-order valence-corrected chi connectivity index (χ4v) is 3.56. The number of nitrogens with one attached hydrogen (secondary N) is 2. The molecule has 0 saturated carbocycles. The first-order chi connectivity index (χ1) is 9.70. The Morgan fingerprint density at radius 3 is 3.14 bits per heavy atom. The first-order valence-electron chi connectivity index (χ1n) is 7.11. The van der Waals surface area contributed by atoms with Crippen molar-refractivity contribution < 1.29 is 4.79 Å². The van der Waals surface area contributed by atoms with Gasteiger partial charge < -0.3 is 10.6 Å². The van der Waals surface area contributed by atoms with E-state index in [9.17, 15) is 4.79 Å². The minimum atomic E-state index is 0. The molecule has 4 nitrogen and oxygen atoms in total. The molecule has 1 unspecified atom stereocenters. The normalized spacial score (nSPS) is 17.7. The minimum Gasteiger partial charge on any atom is -0.314 e. The maximum Gasteiger partial charge on any atom is 0.226 e. The highest BCUT2D eigenvalue weighted by atomic mass is 35.5. The van der Waals surface area contributed by atoms with Gasteiger partial charge >= 0.3 is 0 Å². The van der Waals surface area contributed by atoms with E-state index in [2.05, 4.69) is 28.6 Å². The number of hydrogen-bond donors (Lipinski definition) is 2. The number of carbonyl (C=O) groups is 1. The van der Waals surface area contributed by atoms with Crippen LogP contribution in [0.3, 0.4) is 0 Å². The lowest BCUT2D eigenvalue weighted by Crippen LogP contribution is -2.23. The van der Waals surface area contributed by atoms with Crippen LogP contribution in [0.2, 0.25) is 0 Å². The van der Waals surface area contributed by atoms with Crippen LogP contribution in [-0.4, -0.2) is 23.5 Å². The SMILES string of the molecule is Cc1ccc2nc(NC(=O)CCC3CCCN3)sc2c1.Cl. The zero-order valence-electron chi connectivity index (χ0n) is 12.0. The molecule has 21 heavy (non-hydrogen) atoms. The Morgan fingerprint density at radius 2 is 2.38 bits per heavy atom. The molecule has 1 fully saturated rings. The second-order valence-electron chi connectivity index (χ2n) is 5.37. The molecule has 0 radical (unpaired) electrons. The summed E-state index contributed by atoms with van der Waals surface area (Å²) in [5.74, 6) is 0.0643. The van der Waals surface area contributed by atoms with E-state index in [1.807, 2.05) is 12.1 Å².